The van der Waals surface area contributed by atoms with Gasteiger partial charge in [-0.15, -0.1) is 11.8 Å². The van der Waals surface area contributed by atoms with Gasteiger partial charge >= 0.3 is 12.3 Å². The molecule has 1 aliphatic heterocycles. The fourth-order valence-corrected chi connectivity index (χ4v) is 5.76. The van der Waals surface area contributed by atoms with Gasteiger partial charge in [0.15, 0.2) is 0 Å². The van der Waals surface area contributed by atoms with Crippen molar-refractivity contribution in [3.8, 4) is 0 Å². The molecule has 0 bridgehead atoms. The topological polar surface area (TPSA) is 57.7 Å². The third-order valence-corrected chi connectivity index (χ3v) is 7.99. The van der Waals surface area contributed by atoms with Gasteiger partial charge in [0.2, 0.25) is 0 Å². The Hall–Kier alpha value is -3.14. The highest BCUT2D eigenvalue weighted by Crippen LogP contribution is 2.34. The number of hydrogen-bond acceptors (Lipinski definition) is 6. The lowest BCUT2D eigenvalue weighted by Gasteiger charge is -2.36. The fraction of sp³-hybridized carbons (Fsp3) is 0.484. The maximum absolute atomic E-state index is 13.0. The lowest BCUT2D eigenvalue weighted by molar-refractivity contribution is -0.137. The summed E-state index contributed by atoms with van der Waals surface area (Å²) in [6.45, 7) is 9.35. The molecule has 1 amide bonds. The summed E-state index contributed by atoms with van der Waals surface area (Å²) in [7, 11) is 0. The van der Waals surface area contributed by atoms with E-state index in [4.69, 9.17) is 4.74 Å². The van der Waals surface area contributed by atoms with Crippen LogP contribution in [0.2, 0.25) is 0 Å². The second-order valence-electron chi connectivity index (χ2n) is 11.2. The monoisotopic (exact) mass is 588 g/mol. The summed E-state index contributed by atoms with van der Waals surface area (Å²) < 4.78 is 44.5. The molecule has 1 aromatic heterocycles. The number of fused-ring (bicyclic) bond motifs is 1. The number of anilines is 2. The van der Waals surface area contributed by atoms with Crippen molar-refractivity contribution in [1.82, 2.24) is 9.88 Å². The van der Waals surface area contributed by atoms with Crippen LogP contribution in [0.5, 0.6) is 0 Å². The minimum atomic E-state index is -4.36. The van der Waals surface area contributed by atoms with Gasteiger partial charge in [-0.2, -0.15) is 13.2 Å². The zero-order valence-electron chi connectivity index (χ0n) is 24.0. The van der Waals surface area contributed by atoms with Crippen LogP contribution < -0.4 is 10.2 Å². The molecule has 41 heavy (non-hydrogen) atoms. The Balaban J connectivity index is 1.13. The molecule has 2 aromatic carbocycles. The number of unbranched alkanes of at least 4 members (excludes halogenated alkanes) is 3. The normalized spacial score (nSPS) is 14.4. The van der Waals surface area contributed by atoms with Crippen LogP contribution in [0.3, 0.4) is 0 Å². The second-order valence-corrected chi connectivity index (χ2v) is 12.4. The number of benzene rings is 2. The highest BCUT2D eigenvalue weighted by Gasteiger charge is 2.30. The Labute approximate surface area is 244 Å². The lowest BCUT2D eigenvalue weighted by atomic mass is 10.1. The predicted octanol–water partition coefficient (Wildman–Crippen LogP) is 8.08. The van der Waals surface area contributed by atoms with Gasteiger partial charge in [0.1, 0.15) is 5.60 Å². The van der Waals surface area contributed by atoms with Crippen LogP contribution in [0.25, 0.3) is 10.9 Å². The summed E-state index contributed by atoms with van der Waals surface area (Å²) in [5.74, 6) is 0.913. The van der Waals surface area contributed by atoms with E-state index in [9.17, 15) is 18.0 Å². The molecule has 0 spiro atoms. The van der Waals surface area contributed by atoms with Crippen LogP contribution in [-0.2, 0) is 10.9 Å². The highest BCUT2D eigenvalue weighted by molar-refractivity contribution is 7.99. The van der Waals surface area contributed by atoms with Gasteiger partial charge in [0.05, 0.1) is 11.1 Å². The lowest BCUT2D eigenvalue weighted by Crippen LogP contribution is -2.50. The van der Waals surface area contributed by atoms with E-state index in [2.05, 4.69) is 39.5 Å². The average Bonchev–Trinajstić information content (AvgIpc) is 2.93. The second kappa shape index (κ2) is 13.7. The number of halogens is 3. The molecule has 1 aliphatic rings. The molecule has 0 radical (unpaired) electrons. The number of piperazine rings is 1. The van der Waals surface area contributed by atoms with Crippen molar-refractivity contribution in [1.29, 1.82) is 0 Å². The van der Waals surface area contributed by atoms with Crippen LogP contribution in [0.4, 0.5) is 29.3 Å². The van der Waals surface area contributed by atoms with Crippen molar-refractivity contribution in [2.45, 2.75) is 63.1 Å². The molecular formula is C31H39F3N4O2S. The summed E-state index contributed by atoms with van der Waals surface area (Å²) in [6.07, 6.45) is 1.26. The Bertz CT molecular complexity index is 1300. The number of alkyl halides is 3. The SMILES string of the molecule is CC(C)(C)OC(=O)N1CCN(c2cccc(NCCCCCCSc3ccnc4cc(C(F)(F)F)ccc34)c2)CC1. The summed E-state index contributed by atoms with van der Waals surface area (Å²) in [5.41, 5.74) is 1.46. The van der Waals surface area contributed by atoms with E-state index in [1.54, 1.807) is 22.9 Å². The van der Waals surface area contributed by atoms with Gasteiger partial charge in [-0.3, -0.25) is 4.98 Å². The van der Waals surface area contributed by atoms with E-state index in [1.165, 1.54) is 6.07 Å². The quantitative estimate of drug-likeness (QED) is 0.191. The van der Waals surface area contributed by atoms with Crippen LogP contribution in [0, 0.1) is 0 Å². The number of carbonyl (C=O) groups excluding carboxylic acids is 1. The fourth-order valence-electron chi connectivity index (χ4n) is 4.71. The highest BCUT2D eigenvalue weighted by atomic mass is 32.2. The molecule has 6 nitrogen and oxygen atoms in total. The van der Waals surface area contributed by atoms with Gasteiger partial charge in [-0.1, -0.05) is 25.0 Å². The molecule has 1 saturated heterocycles. The Morgan fingerprint density at radius 3 is 2.46 bits per heavy atom. The number of carbonyl (C=O) groups is 1. The number of pyridine rings is 1. The minimum absolute atomic E-state index is 0.250. The van der Waals surface area contributed by atoms with E-state index in [0.717, 1.165) is 84.9 Å². The number of amides is 1. The van der Waals surface area contributed by atoms with E-state index < -0.39 is 17.3 Å². The van der Waals surface area contributed by atoms with Crippen LogP contribution >= 0.6 is 11.8 Å². The first-order valence-electron chi connectivity index (χ1n) is 14.2. The molecule has 4 rings (SSSR count). The summed E-state index contributed by atoms with van der Waals surface area (Å²) in [5, 5.41) is 4.29. The van der Waals surface area contributed by atoms with Crippen molar-refractivity contribution in [3.05, 3.63) is 60.3 Å². The van der Waals surface area contributed by atoms with Gasteiger partial charge in [0, 0.05) is 60.6 Å². The maximum Gasteiger partial charge on any atom is 0.416 e. The third kappa shape index (κ3) is 9.18. The van der Waals surface area contributed by atoms with Gasteiger partial charge in [-0.25, -0.2) is 4.79 Å². The molecule has 1 N–H and O–H groups in total. The Morgan fingerprint density at radius 2 is 1.73 bits per heavy atom. The molecule has 0 atom stereocenters. The molecule has 1 fully saturated rings. The number of rotatable bonds is 10. The standard InChI is InChI=1S/C31H39F3N4O2S/c1-30(2,3)40-29(39)38-18-16-37(17-19-38)25-10-8-9-24(22-25)35-14-6-4-5-7-20-41-28-13-15-36-27-21-23(31(32,33)34)11-12-26(27)28/h8-13,15,21-22,35H,4-7,14,16-20H2,1-3H3. The van der Waals surface area contributed by atoms with Gasteiger partial charge in [-0.05, 0) is 75.8 Å². The molecule has 10 heteroatoms. The maximum atomic E-state index is 13.0. The number of aromatic nitrogens is 1. The van der Waals surface area contributed by atoms with Crippen molar-refractivity contribution in [3.63, 3.8) is 0 Å². The Kier molecular flexibility index (Phi) is 10.3. The van der Waals surface area contributed by atoms with Crippen LogP contribution in [0.1, 0.15) is 52.0 Å². The summed E-state index contributed by atoms with van der Waals surface area (Å²) >= 11 is 1.67. The molecule has 0 aliphatic carbocycles. The van der Waals surface area contributed by atoms with E-state index in [-0.39, 0.29) is 6.09 Å². The summed E-state index contributed by atoms with van der Waals surface area (Å²) in [4.78, 5) is 21.5. The van der Waals surface area contributed by atoms with Crippen LogP contribution in [-0.4, -0.2) is 60.1 Å². The zero-order valence-corrected chi connectivity index (χ0v) is 24.8. The zero-order chi connectivity index (χ0) is 29.5. The molecule has 0 saturated carbocycles. The van der Waals surface area contributed by atoms with Gasteiger partial charge < -0.3 is 19.9 Å². The first-order chi connectivity index (χ1) is 19.5. The largest absolute Gasteiger partial charge is 0.444 e. The number of nitrogens with one attached hydrogen (secondary N) is 1. The third-order valence-electron chi connectivity index (χ3n) is 6.83. The van der Waals surface area contributed by atoms with Crippen molar-refractivity contribution in [2.24, 2.45) is 0 Å². The first-order valence-corrected chi connectivity index (χ1v) is 15.1. The average molecular weight is 589 g/mol. The number of thioether (sulfide) groups is 1. The Morgan fingerprint density at radius 1 is 0.976 bits per heavy atom. The number of nitrogens with zero attached hydrogens (tertiary/aromatic N) is 3. The van der Waals surface area contributed by atoms with E-state index in [0.29, 0.717) is 18.6 Å². The van der Waals surface area contributed by atoms with Crippen molar-refractivity contribution in [2.75, 3.05) is 48.7 Å². The molecule has 222 valence electrons. The molecular weight excluding hydrogens is 549 g/mol. The van der Waals surface area contributed by atoms with Crippen LogP contribution in [0.15, 0.2) is 59.6 Å². The smallest absolute Gasteiger partial charge is 0.416 e. The van der Waals surface area contributed by atoms with Gasteiger partial charge in [0.25, 0.3) is 0 Å². The van der Waals surface area contributed by atoms with E-state index in [1.807, 2.05) is 26.8 Å². The van der Waals surface area contributed by atoms with Crippen molar-refractivity contribution < 1.29 is 22.7 Å². The predicted molar refractivity (Wildman–Crippen MR) is 161 cm³/mol. The molecule has 0 unspecified atom stereocenters. The first kappa shape index (κ1) is 30.8. The minimum Gasteiger partial charge on any atom is -0.444 e. The number of ether oxygens (including phenoxy) is 1. The molecule has 3 aromatic rings. The van der Waals surface area contributed by atoms with E-state index >= 15 is 0 Å². The summed E-state index contributed by atoms with van der Waals surface area (Å²) in [6, 6.07) is 14.1. The molecule has 2 heterocycles. The number of hydrogen-bond donors (Lipinski definition) is 1. The van der Waals surface area contributed by atoms with Crippen molar-refractivity contribution >= 4 is 40.1 Å².